The van der Waals surface area contributed by atoms with Crippen LogP contribution in [0.15, 0.2) is 0 Å². The van der Waals surface area contributed by atoms with Crippen molar-refractivity contribution in [3.05, 3.63) is 0 Å². The Hall–Kier alpha value is -0.410. The van der Waals surface area contributed by atoms with E-state index in [0.29, 0.717) is 6.04 Å². The van der Waals surface area contributed by atoms with Crippen LogP contribution in [0.25, 0.3) is 0 Å². The van der Waals surface area contributed by atoms with Crippen molar-refractivity contribution in [3.63, 3.8) is 0 Å². The Morgan fingerprint density at radius 1 is 1.50 bits per heavy atom. The molecule has 0 saturated carbocycles. The highest BCUT2D eigenvalue weighted by molar-refractivity contribution is 5.80. The number of hydrogen-bond donors (Lipinski definition) is 1. The SMILES string of the molecule is CC(=O)C(C)N1CCC(N)CC1. The second-order valence-corrected chi connectivity index (χ2v) is 3.66. The van der Waals surface area contributed by atoms with Crippen molar-refractivity contribution in [1.29, 1.82) is 0 Å². The van der Waals surface area contributed by atoms with Crippen LogP contribution in [0.4, 0.5) is 0 Å². The van der Waals surface area contributed by atoms with Crippen LogP contribution in [0.2, 0.25) is 0 Å². The van der Waals surface area contributed by atoms with Gasteiger partial charge in [-0.05, 0) is 26.7 Å². The van der Waals surface area contributed by atoms with Crippen LogP contribution in [0.5, 0.6) is 0 Å². The zero-order valence-corrected chi connectivity index (χ0v) is 7.92. The molecule has 2 N–H and O–H groups in total. The highest BCUT2D eigenvalue weighted by atomic mass is 16.1. The van der Waals surface area contributed by atoms with Gasteiger partial charge in [0.05, 0.1) is 6.04 Å². The Morgan fingerprint density at radius 2 is 2.00 bits per heavy atom. The fourth-order valence-electron chi connectivity index (χ4n) is 1.56. The van der Waals surface area contributed by atoms with Crippen molar-refractivity contribution >= 4 is 5.78 Å². The normalized spacial score (nSPS) is 23.9. The smallest absolute Gasteiger partial charge is 0.146 e. The second kappa shape index (κ2) is 4.01. The van der Waals surface area contributed by atoms with Gasteiger partial charge in [-0.2, -0.15) is 0 Å². The predicted octanol–water partition coefficient (Wildman–Crippen LogP) is 0.387. The summed E-state index contributed by atoms with van der Waals surface area (Å²) in [5.74, 6) is 0.255. The van der Waals surface area contributed by atoms with Crippen LogP contribution in [0.3, 0.4) is 0 Å². The van der Waals surface area contributed by atoms with Gasteiger partial charge < -0.3 is 5.73 Å². The molecule has 70 valence electrons. The fourth-order valence-corrected chi connectivity index (χ4v) is 1.56. The number of nitrogens with zero attached hydrogens (tertiary/aromatic N) is 1. The molecule has 1 atom stereocenters. The molecule has 1 saturated heterocycles. The lowest BCUT2D eigenvalue weighted by Crippen LogP contribution is -2.46. The molecule has 12 heavy (non-hydrogen) atoms. The van der Waals surface area contributed by atoms with Gasteiger partial charge in [0.25, 0.3) is 0 Å². The molecule has 1 unspecified atom stereocenters. The zero-order valence-electron chi connectivity index (χ0n) is 7.92. The minimum absolute atomic E-state index is 0.0810. The zero-order chi connectivity index (χ0) is 9.14. The molecule has 0 aromatic heterocycles. The number of likely N-dealkylation sites (tertiary alicyclic amines) is 1. The van der Waals surface area contributed by atoms with Crippen LogP contribution in [-0.2, 0) is 4.79 Å². The van der Waals surface area contributed by atoms with E-state index in [1.807, 2.05) is 6.92 Å². The highest BCUT2D eigenvalue weighted by Gasteiger charge is 2.22. The Bertz CT molecular complexity index is 162. The van der Waals surface area contributed by atoms with Crippen LogP contribution in [0.1, 0.15) is 26.7 Å². The number of nitrogens with two attached hydrogens (primary N) is 1. The first-order chi connectivity index (χ1) is 5.61. The van der Waals surface area contributed by atoms with Gasteiger partial charge in [0.15, 0.2) is 0 Å². The topological polar surface area (TPSA) is 46.3 Å². The number of carbonyl (C=O) groups excluding carboxylic acids is 1. The lowest BCUT2D eigenvalue weighted by molar-refractivity contribution is -0.122. The van der Waals surface area contributed by atoms with Gasteiger partial charge in [0, 0.05) is 19.1 Å². The molecule has 0 radical (unpaired) electrons. The van der Waals surface area contributed by atoms with E-state index < -0.39 is 0 Å². The van der Waals surface area contributed by atoms with E-state index in [9.17, 15) is 4.79 Å². The number of hydrogen-bond acceptors (Lipinski definition) is 3. The standard InChI is InChI=1S/C9H18N2O/c1-7(8(2)12)11-5-3-9(10)4-6-11/h7,9H,3-6,10H2,1-2H3. The van der Waals surface area contributed by atoms with E-state index in [2.05, 4.69) is 4.90 Å². The highest BCUT2D eigenvalue weighted by Crippen LogP contribution is 2.11. The molecule has 3 nitrogen and oxygen atoms in total. The maximum atomic E-state index is 11.1. The van der Waals surface area contributed by atoms with Crippen molar-refractivity contribution in [2.45, 2.75) is 38.8 Å². The Morgan fingerprint density at radius 3 is 2.42 bits per heavy atom. The summed E-state index contributed by atoms with van der Waals surface area (Å²) in [5, 5.41) is 0. The maximum absolute atomic E-state index is 11.1. The molecule has 3 heteroatoms. The van der Waals surface area contributed by atoms with E-state index in [1.54, 1.807) is 6.92 Å². The molecule has 1 fully saturated rings. The van der Waals surface area contributed by atoms with Crippen LogP contribution < -0.4 is 5.73 Å². The summed E-state index contributed by atoms with van der Waals surface area (Å²) in [5.41, 5.74) is 5.76. The van der Waals surface area contributed by atoms with Gasteiger partial charge in [-0.25, -0.2) is 0 Å². The summed E-state index contributed by atoms with van der Waals surface area (Å²) in [6.07, 6.45) is 2.05. The van der Waals surface area contributed by atoms with E-state index in [1.165, 1.54) is 0 Å². The van der Waals surface area contributed by atoms with Crippen LogP contribution >= 0.6 is 0 Å². The van der Waals surface area contributed by atoms with Crippen molar-refractivity contribution in [2.24, 2.45) is 5.73 Å². The molecule has 0 aliphatic carbocycles. The van der Waals surface area contributed by atoms with E-state index in [0.717, 1.165) is 25.9 Å². The molecule has 0 aromatic rings. The molecule has 0 amide bonds. The Balaban J connectivity index is 2.39. The summed E-state index contributed by atoms with van der Waals surface area (Å²) in [6, 6.07) is 0.429. The van der Waals surface area contributed by atoms with Gasteiger partial charge in [-0.1, -0.05) is 0 Å². The molecule has 0 aromatic carbocycles. The number of carbonyl (C=O) groups is 1. The van der Waals surface area contributed by atoms with Crippen molar-refractivity contribution < 1.29 is 4.79 Å². The molecular weight excluding hydrogens is 152 g/mol. The Kier molecular flexibility index (Phi) is 3.23. The first kappa shape index (κ1) is 9.68. The number of Topliss-reactive ketones (excluding diaryl/α,β-unsaturated/α-hetero) is 1. The van der Waals surface area contributed by atoms with Crippen molar-refractivity contribution in [2.75, 3.05) is 13.1 Å². The minimum atomic E-state index is 0.0810. The molecule has 1 aliphatic rings. The summed E-state index contributed by atoms with van der Waals surface area (Å²) < 4.78 is 0. The fraction of sp³-hybridized carbons (Fsp3) is 0.889. The summed E-state index contributed by atoms with van der Waals surface area (Å²) >= 11 is 0. The van der Waals surface area contributed by atoms with E-state index >= 15 is 0 Å². The van der Waals surface area contributed by atoms with Crippen LogP contribution in [-0.4, -0.2) is 35.9 Å². The molecule has 1 rings (SSSR count). The van der Waals surface area contributed by atoms with Gasteiger partial charge in [-0.3, -0.25) is 9.69 Å². The van der Waals surface area contributed by atoms with Gasteiger partial charge in [-0.15, -0.1) is 0 Å². The van der Waals surface area contributed by atoms with Crippen molar-refractivity contribution in [1.82, 2.24) is 4.90 Å². The molecule has 1 aliphatic heterocycles. The third-order valence-corrected chi connectivity index (χ3v) is 2.71. The lowest BCUT2D eigenvalue weighted by Gasteiger charge is -2.33. The minimum Gasteiger partial charge on any atom is -0.328 e. The quantitative estimate of drug-likeness (QED) is 0.652. The molecule has 0 bridgehead atoms. The molecular formula is C9H18N2O. The number of piperidine rings is 1. The van der Waals surface area contributed by atoms with Gasteiger partial charge >= 0.3 is 0 Å². The van der Waals surface area contributed by atoms with Gasteiger partial charge in [0.2, 0.25) is 0 Å². The number of rotatable bonds is 2. The summed E-state index contributed by atoms with van der Waals surface area (Å²) in [6.45, 7) is 5.57. The van der Waals surface area contributed by atoms with E-state index in [4.69, 9.17) is 5.73 Å². The predicted molar refractivity (Wildman–Crippen MR) is 48.9 cm³/mol. The average Bonchev–Trinajstić information content (AvgIpc) is 2.04. The van der Waals surface area contributed by atoms with Gasteiger partial charge in [0.1, 0.15) is 5.78 Å². The maximum Gasteiger partial charge on any atom is 0.146 e. The first-order valence-electron chi connectivity index (χ1n) is 4.61. The monoisotopic (exact) mass is 170 g/mol. The Labute approximate surface area is 73.9 Å². The molecule has 0 spiro atoms. The summed E-state index contributed by atoms with van der Waals surface area (Å²) in [4.78, 5) is 13.3. The lowest BCUT2D eigenvalue weighted by atomic mass is 10.0. The molecule has 1 heterocycles. The van der Waals surface area contributed by atoms with E-state index in [-0.39, 0.29) is 11.8 Å². The first-order valence-corrected chi connectivity index (χ1v) is 4.61. The third kappa shape index (κ3) is 2.29. The average molecular weight is 170 g/mol. The largest absolute Gasteiger partial charge is 0.328 e. The summed E-state index contributed by atoms with van der Waals surface area (Å²) in [7, 11) is 0. The number of ketones is 1. The third-order valence-electron chi connectivity index (χ3n) is 2.71. The second-order valence-electron chi connectivity index (χ2n) is 3.66. The van der Waals surface area contributed by atoms with Crippen LogP contribution in [0, 0.1) is 0 Å². The van der Waals surface area contributed by atoms with Crippen molar-refractivity contribution in [3.8, 4) is 0 Å².